The Bertz CT molecular complexity index is 147. The number of hydrogen-bond donors (Lipinski definition) is 0. The van der Waals surface area contributed by atoms with Gasteiger partial charge in [-0.25, -0.2) is 0 Å². The van der Waals surface area contributed by atoms with Crippen LogP contribution in [0.4, 0.5) is 0 Å². The third kappa shape index (κ3) is 1.20. The Morgan fingerprint density at radius 2 is 2.25 bits per heavy atom. The van der Waals surface area contributed by atoms with E-state index < -0.39 is 0 Å². The van der Waals surface area contributed by atoms with Crippen molar-refractivity contribution in [2.45, 2.75) is 0 Å². The number of rotatable bonds is 0. The van der Waals surface area contributed by atoms with Gasteiger partial charge in [0.1, 0.15) is 0 Å². The molecule has 0 unspecified atom stereocenters. The van der Waals surface area contributed by atoms with Crippen LogP contribution in [0.25, 0.3) is 0 Å². The van der Waals surface area contributed by atoms with Crippen molar-refractivity contribution in [3.8, 4) is 0 Å². The van der Waals surface area contributed by atoms with E-state index in [4.69, 9.17) is 18.5 Å². The van der Waals surface area contributed by atoms with Crippen molar-refractivity contribution < 1.29 is 0 Å². The normalized spacial score (nSPS) is 9.25. The summed E-state index contributed by atoms with van der Waals surface area (Å²) in [4.78, 5) is 3.72. The smallest absolute Gasteiger partial charge is 0.0589 e. The van der Waals surface area contributed by atoms with Crippen LogP contribution in [0.5, 0.6) is 0 Å². The molecular weight excluding hydrogens is 122 g/mol. The van der Waals surface area contributed by atoms with Gasteiger partial charge in [0, 0.05) is 18.8 Å². The summed E-state index contributed by atoms with van der Waals surface area (Å²) in [6.07, 6.45) is 1.51. The lowest BCUT2D eigenvalue weighted by Gasteiger charge is -1.87. The number of aromatic nitrogens is 1. The molecule has 0 aromatic carbocycles. The summed E-state index contributed by atoms with van der Waals surface area (Å²) in [5.74, 6) is 0. The molecule has 0 atom stereocenters. The molecule has 1 nitrogen and oxygen atoms in total. The maximum absolute atomic E-state index is 5.49. The predicted molar refractivity (Wildman–Crippen MR) is 32.6 cm³/mol. The number of pyridine rings is 1. The molecule has 0 aliphatic carbocycles. The Morgan fingerprint density at radius 3 is 2.62 bits per heavy atom. The maximum Gasteiger partial charge on any atom is 0.0589 e. The van der Waals surface area contributed by atoms with Crippen LogP contribution in [0, 0.1) is 6.92 Å². The lowest BCUT2D eigenvalue weighted by atomic mass is 10.4. The first-order valence-corrected chi connectivity index (χ1v) is 2.54. The summed E-state index contributed by atoms with van der Waals surface area (Å²) < 4.78 is 0. The van der Waals surface area contributed by atoms with Gasteiger partial charge in [0.05, 0.1) is 5.02 Å². The van der Waals surface area contributed by atoms with Crippen molar-refractivity contribution in [2.24, 2.45) is 0 Å². The molecule has 0 bridgehead atoms. The van der Waals surface area contributed by atoms with Crippen LogP contribution in [0.15, 0.2) is 18.3 Å². The second-order valence-corrected chi connectivity index (χ2v) is 1.84. The van der Waals surface area contributed by atoms with Crippen molar-refractivity contribution in [2.75, 3.05) is 0 Å². The molecule has 2 heteroatoms. The van der Waals surface area contributed by atoms with Crippen molar-refractivity contribution in [3.05, 3.63) is 36.0 Å². The van der Waals surface area contributed by atoms with E-state index in [1.165, 1.54) is 6.20 Å². The fourth-order valence-corrected chi connectivity index (χ4v) is 0.499. The highest BCUT2D eigenvalue weighted by Gasteiger charge is 1.83. The van der Waals surface area contributed by atoms with E-state index in [0.717, 1.165) is 0 Å². The highest BCUT2D eigenvalue weighted by molar-refractivity contribution is 6.30. The molecule has 1 heterocycles. The van der Waals surface area contributed by atoms with Gasteiger partial charge in [-0.3, -0.25) is 4.98 Å². The monoisotopic (exact) mass is 125 g/mol. The fraction of sp³-hybridized carbons (Fsp3) is 0. The molecule has 0 saturated carbocycles. The van der Waals surface area contributed by atoms with Crippen LogP contribution in [0.3, 0.4) is 0 Å². The summed E-state index contributed by atoms with van der Waals surface area (Å²) in [6.45, 7) is 5.26. The SMILES string of the molecule is [CH]c1ccc(Cl)cn1. The standard InChI is InChI=1S/C6H4ClN/c1-5-2-3-6(7)4-8-5/h1-4H. The molecule has 1 aromatic heterocycles. The van der Waals surface area contributed by atoms with E-state index in [-0.39, 0.29) is 0 Å². The molecule has 0 N–H and O–H groups in total. The van der Waals surface area contributed by atoms with Gasteiger partial charge in [-0.2, -0.15) is 0 Å². The first kappa shape index (κ1) is 5.57. The van der Waals surface area contributed by atoms with E-state index in [9.17, 15) is 0 Å². The first-order valence-electron chi connectivity index (χ1n) is 2.16. The van der Waals surface area contributed by atoms with Crippen LogP contribution < -0.4 is 0 Å². The fourth-order valence-electron chi connectivity index (χ4n) is 0.387. The molecule has 0 amide bonds. The average Bonchev–Trinajstić information content (AvgIpc) is 1.77. The maximum atomic E-state index is 5.49. The predicted octanol–water partition coefficient (Wildman–Crippen LogP) is 1.79. The summed E-state index contributed by atoms with van der Waals surface area (Å²) >= 11 is 5.49. The molecule has 8 heavy (non-hydrogen) atoms. The summed E-state index contributed by atoms with van der Waals surface area (Å²) in [7, 11) is 0. The van der Waals surface area contributed by atoms with Crippen LogP contribution in [0.2, 0.25) is 5.02 Å². The van der Waals surface area contributed by atoms with Crippen LogP contribution in [-0.4, -0.2) is 4.98 Å². The minimum atomic E-state index is 0.495. The lowest BCUT2D eigenvalue weighted by molar-refractivity contribution is 1.27. The van der Waals surface area contributed by atoms with E-state index in [0.29, 0.717) is 10.7 Å². The third-order valence-corrected chi connectivity index (χ3v) is 0.974. The van der Waals surface area contributed by atoms with Gasteiger partial charge < -0.3 is 0 Å². The van der Waals surface area contributed by atoms with Gasteiger partial charge in [-0.15, -0.1) is 0 Å². The second kappa shape index (κ2) is 2.14. The van der Waals surface area contributed by atoms with Gasteiger partial charge in [0.25, 0.3) is 0 Å². The topological polar surface area (TPSA) is 12.9 Å². The van der Waals surface area contributed by atoms with E-state index in [1.807, 2.05) is 0 Å². The summed E-state index contributed by atoms with van der Waals surface area (Å²) in [6, 6.07) is 3.35. The first-order chi connectivity index (χ1) is 3.79. The quantitative estimate of drug-likeness (QED) is 0.515. The molecule has 40 valence electrons. The highest BCUT2D eigenvalue weighted by atomic mass is 35.5. The number of halogens is 1. The zero-order valence-electron chi connectivity index (χ0n) is 4.13. The molecule has 1 aromatic rings. The van der Waals surface area contributed by atoms with E-state index in [1.54, 1.807) is 12.1 Å². The van der Waals surface area contributed by atoms with Crippen molar-refractivity contribution in [3.63, 3.8) is 0 Å². The van der Waals surface area contributed by atoms with Gasteiger partial charge >= 0.3 is 0 Å². The minimum absolute atomic E-state index is 0.495. The van der Waals surface area contributed by atoms with Crippen molar-refractivity contribution in [1.29, 1.82) is 0 Å². The van der Waals surface area contributed by atoms with Gasteiger partial charge in [-0.1, -0.05) is 11.6 Å². The molecule has 0 aliphatic heterocycles. The molecule has 0 saturated heterocycles. The van der Waals surface area contributed by atoms with Crippen molar-refractivity contribution >= 4 is 11.6 Å². The average molecular weight is 126 g/mol. The van der Waals surface area contributed by atoms with E-state index in [2.05, 4.69) is 4.98 Å². The Morgan fingerprint density at radius 1 is 1.50 bits per heavy atom. The third-order valence-electron chi connectivity index (χ3n) is 0.750. The summed E-state index contributed by atoms with van der Waals surface area (Å²) in [5.41, 5.74) is 0.495. The van der Waals surface area contributed by atoms with Gasteiger partial charge in [-0.05, 0) is 12.1 Å². The Kier molecular flexibility index (Phi) is 1.49. The van der Waals surface area contributed by atoms with Gasteiger partial charge in [0.15, 0.2) is 0 Å². The Hall–Kier alpha value is -0.560. The largest absolute Gasteiger partial charge is 0.259 e. The molecule has 2 radical (unpaired) electrons. The molecule has 0 fully saturated rings. The second-order valence-electron chi connectivity index (χ2n) is 1.40. The van der Waals surface area contributed by atoms with Crippen LogP contribution in [-0.2, 0) is 0 Å². The van der Waals surface area contributed by atoms with Crippen LogP contribution >= 0.6 is 11.6 Å². The molecule has 0 spiro atoms. The Labute approximate surface area is 53.3 Å². The van der Waals surface area contributed by atoms with Crippen LogP contribution in [0.1, 0.15) is 5.69 Å². The minimum Gasteiger partial charge on any atom is -0.259 e. The lowest BCUT2D eigenvalue weighted by Crippen LogP contribution is -1.75. The highest BCUT2D eigenvalue weighted by Crippen LogP contribution is 2.04. The molecule has 1 rings (SSSR count). The molecular formula is C6H4ClN. The van der Waals surface area contributed by atoms with Crippen molar-refractivity contribution in [1.82, 2.24) is 4.98 Å². The summed E-state index contributed by atoms with van der Waals surface area (Å²) in [5, 5.41) is 0.610. The van der Waals surface area contributed by atoms with E-state index >= 15 is 0 Å². The van der Waals surface area contributed by atoms with Gasteiger partial charge in [0.2, 0.25) is 0 Å². The Balaban J connectivity index is 3.03. The zero-order chi connectivity index (χ0) is 5.98. The number of nitrogens with zero attached hydrogens (tertiary/aromatic N) is 1. The number of hydrogen-bond acceptors (Lipinski definition) is 1. The molecule has 0 aliphatic rings. The zero-order valence-corrected chi connectivity index (χ0v) is 4.89.